The minimum atomic E-state index is -0.272. The van der Waals surface area contributed by atoms with Crippen molar-refractivity contribution in [1.29, 1.82) is 0 Å². The Morgan fingerprint density at radius 3 is 2.76 bits per heavy atom. The van der Waals surface area contributed by atoms with Crippen LogP contribution in [-0.4, -0.2) is 20.7 Å². The molecule has 0 aliphatic heterocycles. The van der Waals surface area contributed by atoms with Gasteiger partial charge in [-0.2, -0.15) is 5.10 Å². The van der Waals surface area contributed by atoms with Crippen molar-refractivity contribution < 1.29 is 4.79 Å². The molecule has 6 nitrogen and oxygen atoms in total. The van der Waals surface area contributed by atoms with E-state index in [9.17, 15) is 4.79 Å². The van der Waals surface area contributed by atoms with Crippen LogP contribution >= 0.6 is 11.3 Å². The second kappa shape index (κ2) is 5.76. The number of anilines is 3. The van der Waals surface area contributed by atoms with Gasteiger partial charge < -0.3 is 10.6 Å². The normalized spacial score (nSPS) is 10.3. The van der Waals surface area contributed by atoms with Crippen LogP contribution in [0.4, 0.5) is 16.6 Å². The van der Waals surface area contributed by atoms with E-state index in [2.05, 4.69) is 20.7 Å². The van der Waals surface area contributed by atoms with E-state index in [4.69, 9.17) is 0 Å². The molecule has 2 aromatic heterocycles. The number of aryl methyl sites for hydroxylation is 1. The first kappa shape index (κ1) is 13.3. The van der Waals surface area contributed by atoms with Gasteiger partial charge in [0.2, 0.25) is 0 Å². The van der Waals surface area contributed by atoms with Crippen LogP contribution in [0.5, 0.6) is 0 Å². The fourth-order valence-electron chi connectivity index (χ4n) is 1.74. The van der Waals surface area contributed by atoms with Crippen LogP contribution in [0.3, 0.4) is 0 Å². The first-order valence-electron chi connectivity index (χ1n) is 6.29. The number of aromatic nitrogens is 3. The van der Waals surface area contributed by atoms with Gasteiger partial charge in [-0.05, 0) is 12.1 Å². The summed E-state index contributed by atoms with van der Waals surface area (Å²) in [6.07, 6.45) is 1.76. The summed E-state index contributed by atoms with van der Waals surface area (Å²) in [5.41, 5.74) is 1.30. The number of hydrogen-bond donors (Lipinski definition) is 2. The van der Waals surface area contributed by atoms with E-state index in [1.165, 1.54) is 11.3 Å². The Balaban J connectivity index is 1.68. The molecule has 0 saturated carbocycles. The number of amides is 1. The molecule has 3 rings (SSSR count). The molecular weight excluding hydrogens is 286 g/mol. The predicted molar refractivity (Wildman–Crippen MR) is 83.0 cm³/mol. The van der Waals surface area contributed by atoms with Crippen molar-refractivity contribution in [1.82, 2.24) is 14.8 Å². The second-order valence-electron chi connectivity index (χ2n) is 4.36. The molecule has 21 heavy (non-hydrogen) atoms. The number of nitrogens with one attached hydrogen (secondary N) is 2. The van der Waals surface area contributed by atoms with E-state index in [1.54, 1.807) is 29.4 Å². The Labute approximate surface area is 125 Å². The van der Waals surface area contributed by atoms with Crippen molar-refractivity contribution in [2.45, 2.75) is 0 Å². The highest BCUT2D eigenvalue weighted by Gasteiger charge is 2.12. The van der Waals surface area contributed by atoms with Gasteiger partial charge in [0.05, 0.1) is 0 Å². The van der Waals surface area contributed by atoms with Crippen molar-refractivity contribution >= 4 is 33.9 Å². The molecule has 1 aromatic carbocycles. The summed E-state index contributed by atoms with van der Waals surface area (Å²) in [6, 6.07) is 11.4. The van der Waals surface area contributed by atoms with Crippen LogP contribution < -0.4 is 10.6 Å². The monoisotopic (exact) mass is 299 g/mol. The molecular formula is C14H13N5OS. The Kier molecular flexibility index (Phi) is 3.65. The fraction of sp³-hybridized carbons (Fsp3) is 0.0714. The molecule has 2 heterocycles. The molecule has 0 spiro atoms. The zero-order valence-corrected chi connectivity index (χ0v) is 12.1. The van der Waals surface area contributed by atoms with Crippen LogP contribution in [0.15, 0.2) is 48.0 Å². The smallest absolute Gasteiger partial charge is 0.276 e. The number of nitrogens with zero attached hydrogens (tertiary/aromatic N) is 3. The lowest BCUT2D eigenvalue weighted by molar-refractivity contribution is 0.102. The molecule has 0 aliphatic rings. The zero-order chi connectivity index (χ0) is 14.7. The summed E-state index contributed by atoms with van der Waals surface area (Å²) >= 11 is 1.38. The average molecular weight is 299 g/mol. The van der Waals surface area contributed by atoms with Crippen LogP contribution in [0, 0.1) is 0 Å². The third kappa shape index (κ3) is 3.26. The van der Waals surface area contributed by atoms with Gasteiger partial charge in [-0.1, -0.05) is 18.2 Å². The number of rotatable bonds is 4. The molecule has 106 valence electrons. The fourth-order valence-corrected chi connectivity index (χ4v) is 2.45. The summed E-state index contributed by atoms with van der Waals surface area (Å²) in [5.74, 6) is 0.235. The minimum absolute atomic E-state index is 0.272. The lowest BCUT2D eigenvalue weighted by Crippen LogP contribution is -2.13. The lowest BCUT2D eigenvalue weighted by Gasteiger charge is -2.01. The van der Waals surface area contributed by atoms with E-state index in [0.717, 1.165) is 5.69 Å². The molecule has 0 aliphatic carbocycles. The van der Waals surface area contributed by atoms with Crippen LogP contribution in [0.1, 0.15) is 10.5 Å². The standard InChI is InChI=1S/C14H13N5OS/c1-19-8-7-12(18-19)17-13(20)11-9-21-14(16-11)15-10-5-3-2-4-6-10/h2-9H,1H3,(H,15,16)(H,17,18,20). The molecule has 2 N–H and O–H groups in total. The molecule has 3 aromatic rings. The third-order valence-corrected chi connectivity index (χ3v) is 3.47. The van der Waals surface area contributed by atoms with E-state index in [0.29, 0.717) is 16.6 Å². The first-order valence-corrected chi connectivity index (χ1v) is 7.17. The van der Waals surface area contributed by atoms with Gasteiger partial charge in [0.15, 0.2) is 10.9 Å². The molecule has 0 saturated heterocycles. The van der Waals surface area contributed by atoms with Crippen molar-refractivity contribution in [2.24, 2.45) is 7.05 Å². The Bertz CT molecular complexity index is 750. The third-order valence-electron chi connectivity index (χ3n) is 2.72. The summed E-state index contributed by atoms with van der Waals surface area (Å²) in [4.78, 5) is 16.3. The average Bonchev–Trinajstić information content (AvgIpc) is 3.09. The maximum atomic E-state index is 12.0. The number of carbonyl (C=O) groups is 1. The lowest BCUT2D eigenvalue weighted by atomic mass is 10.3. The van der Waals surface area contributed by atoms with Gasteiger partial charge in [-0.25, -0.2) is 4.98 Å². The predicted octanol–water partition coefficient (Wildman–Crippen LogP) is 2.87. The topological polar surface area (TPSA) is 71.8 Å². The van der Waals surface area contributed by atoms with Crippen LogP contribution in [0.2, 0.25) is 0 Å². The van der Waals surface area contributed by atoms with Crippen molar-refractivity contribution in [3.8, 4) is 0 Å². The van der Waals surface area contributed by atoms with Crippen LogP contribution in [0.25, 0.3) is 0 Å². The number of para-hydroxylation sites is 1. The van der Waals surface area contributed by atoms with Crippen molar-refractivity contribution in [3.05, 3.63) is 53.7 Å². The summed E-state index contributed by atoms with van der Waals surface area (Å²) in [7, 11) is 1.79. The second-order valence-corrected chi connectivity index (χ2v) is 5.22. The van der Waals surface area contributed by atoms with E-state index in [-0.39, 0.29) is 5.91 Å². The molecule has 1 amide bonds. The maximum Gasteiger partial charge on any atom is 0.276 e. The molecule has 0 fully saturated rings. The van der Waals surface area contributed by atoms with E-state index in [1.807, 2.05) is 30.3 Å². The van der Waals surface area contributed by atoms with Gasteiger partial charge in [0.25, 0.3) is 5.91 Å². The van der Waals surface area contributed by atoms with Gasteiger partial charge >= 0.3 is 0 Å². The Morgan fingerprint density at radius 2 is 2.05 bits per heavy atom. The minimum Gasteiger partial charge on any atom is -0.332 e. The van der Waals surface area contributed by atoms with Crippen molar-refractivity contribution in [3.63, 3.8) is 0 Å². The van der Waals surface area contributed by atoms with Gasteiger partial charge in [-0.15, -0.1) is 11.3 Å². The number of thiazole rings is 1. The largest absolute Gasteiger partial charge is 0.332 e. The van der Waals surface area contributed by atoms with Gasteiger partial charge in [0.1, 0.15) is 5.69 Å². The molecule has 0 atom stereocenters. The quantitative estimate of drug-likeness (QED) is 0.777. The highest BCUT2D eigenvalue weighted by atomic mass is 32.1. The first-order chi connectivity index (χ1) is 10.2. The van der Waals surface area contributed by atoms with Crippen LogP contribution in [-0.2, 0) is 7.05 Å². The summed E-state index contributed by atoms with van der Waals surface area (Å²) < 4.78 is 1.62. The zero-order valence-electron chi connectivity index (χ0n) is 11.3. The summed E-state index contributed by atoms with van der Waals surface area (Å²) in [5, 5.41) is 12.3. The maximum absolute atomic E-state index is 12.0. The van der Waals surface area contributed by atoms with E-state index >= 15 is 0 Å². The van der Waals surface area contributed by atoms with Gasteiger partial charge in [-0.3, -0.25) is 9.48 Å². The van der Waals surface area contributed by atoms with Crippen molar-refractivity contribution in [2.75, 3.05) is 10.6 Å². The summed E-state index contributed by atoms with van der Waals surface area (Å²) in [6.45, 7) is 0. The molecule has 7 heteroatoms. The van der Waals surface area contributed by atoms with Gasteiger partial charge in [0, 0.05) is 30.4 Å². The van der Waals surface area contributed by atoms with E-state index < -0.39 is 0 Å². The number of carbonyl (C=O) groups excluding carboxylic acids is 1. The molecule has 0 bridgehead atoms. The number of hydrogen-bond acceptors (Lipinski definition) is 5. The SMILES string of the molecule is Cn1ccc(NC(=O)c2csc(Nc3ccccc3)n2)n1. The molecule has 0 unspecified atom stereocenters. The Morgan fingerprint density at radius 1 is 1.24 bits per heavy atom. The number of benzene rings is 1. The Hall–Kier alpha value is -2.67. The molecule has 0 radical (unpaired) electrons. The highest BCUT2D eigenvalue weighted by molar-refractivity contribution is 7.14. The highest BCUT2D eigenvalue weighted by Crippen LogP contribution is 2.21.